The second-order valence-electron chi connectivity index (χ2n) is 9.62. The lowest BCUT2D eigenvalue weighted by Crippen LogP contribution is -1.90. The molecular formula is C36H29NS. The fourth-order valence-electron chi connectivity index (χ4n) is 5.41. The lowest BCUT2D eigenvalue weighted by Gasteiger charge is -2.16. The van der Waals surface area contributed by atoms with Gasteiger partial charge >= 0.3 is 0 Å². The zero-order valence-corrected chi connectivity index (χ0v) is 22.2. The molecule has 1 nitrogen and oxygen atoms in total. The van der Waals surface area contributed by atoms with E-state index in [4.69, 9.17) is 5.73 Å². The van der Waals surface area contributed by atoms with Crippen LogP contribution in [0.1, 0.15) is 11.1 Å². The highest BCUT2D eigenvalue weighted by Gasteiger charge is 2.14. The summed E-state index contributed by atoms with van der Waals surface area (Å²) in [5.74, 6) is 0.900. The Balaban J connectivity index is 1.50. The van der Waals surface area contributed by atoms with E-state index in [0.29, 0.717) is 0 Å². The lowest BCUT2D eigenvalue weighted by atomic mass is 9.88. The Labute approximate surface area is 228 Å². The van der Waals surface area contributed by atoms with Gasteiger partial charge in [-0.25, -0.2) is 0 Å². The van der Waals surface area contributed by atoms with Crippen molar-refractivity contribution < 1.29 is 0 Å². The smallest absolute Gasteiger partial charge is 0.0226 e. The maximum Gasteiger partial charge on any atom is 0.0226 e. The average Bonchev–Trinajstić information content (AvgIpc) is 2.96. The molecule has 2 N–H and O–H groups in total. The first kappa shape index (κ1) is 24.1. The number of hydrogen-bond donors (Lipinski definition) is 1. The number of benzene rings is 6. The van der Waals surface area contributed by atoms with E-state index in [0.717, 1.165) is 5.75 Å². The summed E-state index contributed by atoms with van der Waals surface area (Å²) in [4.78, 5) is 0. The van der Waals surface area contributed by atoms with Crippen LogP contribution in [-0.2, 0) is 5.75 Å². The molecule has 0 aromatic heterocycles. The van der Waals surface area contributed by atoms with Crippen LogP contribution in [-0.4, -0.2) is 0 Å². The SMILES string of the molecule is Cc1cccc(-c2ccc(-c3ccc(-c4cccc(CS/C=C\N)c4)c4ccccc34)c3ccccc23)c1. The first-order valence-electron chi connectivity index (χ1n) is 12.9. The molecule has 38 heavy (non-hydrogen) atoms. The van der Waals surface area contributed by atoms with Crippen LogP contribution in [0, 0.1) is 6.92 Å². The van der Waals surface area contributed by atoms with E-state index in [1.807, 2.05) is 5.41 Å². The topological polar surface area (TPSA) is 26.0 Å². The Hall–Kier alpha value is -4.27. The van der Waals surface area contributed by atoms with Gasteiger partial charge in [-0.05, 0) is 72.8 Å². The molecule has 0 aliphatic heterocycles. The van der Waals surface area contributed by atoms with Crippen LogP contribution in [0.2, 0.25) is 0 Å². The number of fused-ring (bicyclic) bond motifs is 2. The standard InChI is InChI=1S/C36H29NS/c1-25-8-6-10-27(22-25)29-16-18-35(33-14-4-2-12-31(29)33)36-19-17-30(32-13-3-5-15-34(32)36)28-11-7-9-26(23-28)24-38-21-20-37/h2-23H,24,37H2,1H3/b21-20-. The van der Waals surface area contributed by atoms with Crippen LogP contribution in [0.25, 0.3) is 54.9 Å². The third-order valence-corrected chi connectivity index (χ3v) is 7.98. The van der Waals surface area contributed by atoms with Crippen LogP contribution in [0.5, 0.6) is 0 Å². The van der Waals surface area contributed by atoms with Gasteiger partial charge < -0.3 is 5.73 Å². The maximum atomic E-state index is 5.51. The molecule has 0 unspecified atom stereocenters. The zero-order valence-electron chi connectivity index (χ0n) is 21.4. The zero-order chi connectivity index (χ0) is 25.9. The van der Waals surface area contributed by atoms with Crippen molar-refractivity contribution in [2.45, 2.75) is 12.7 Å². The van der Waals surface area contributed by atoms with Gasteiger partial charge in [0.1, 0.15) is 0 Å². The first-order chi connectivity index (χ1) is 18.7. The first-order valence-corrected chi connectivity index (χ1v) is 14.0. The van der Waals surface area contributed by atoms with Crippen LogP contribution >= 0.6 is 11.8 Å². The number of nitrogens with two attached hydrogens (primary N) is 1. The van der Waals surface area contributed by atoms with E-state index in [1.165, 1.54) is 66.1 Å². The summed E-state index contributed by atoms with van der Waals surface area (Å²) >= 11 is 1.71. The highest BCUT2D eigenvalue weighted by Crippen LogP contribution is 2.41. The fraction of sp³-hybridized carbons (Fsp3) is 0.0556. The van der Waals surface area contributed by atoms with E-state index in [9.17, 15) is 0 Å². The normalized spacial score (nSPS) is 11.5. The Morgan fingerprint density at radius 2 is 1.05 bits per heavy atom. The summed E-state index contributed by atoms with van der Waals surface area (Å²) in [5.41, 5.74) is 15.6. The maximum absolute atomic E-state index is 5.51. The van der Waals surface area contributed by atoms with Gasteiger partial charge in [0.15, 0.2) is 0 Å². The minimum atomic E-state index is 0.900. The third-order valence-electron chi connectivity index (χ3n) is 7.13. The number of aryl methyl sites for hydroxylation is 1. The second-order valence-corrected chi connectivity index (χ2v) is 10.5. The van der Waals surface area contributed by atoms with Gasteiger partial charge in [0.05, 0.1) is 0 Å². The van der Waals surface area contributed by atoms with Crippen molar-refractivity contribution in [3.05, 3.63) is 144 Å². The molecule has 0 atom stereocenters. The number of rotatable bonds is 6. The minimum absolute atomic E-state index is 0.900. The van der Waals surface area contributed by atoms with Gasteiger partial charge in [-0.2, -0.15) is 0 Å². The van der Waals surface area contributed by atoms with Gasteiger partial charge in [-0.3, -0.25) is 0 Å². The predicted molar refractivity (Wildman–Crippen MR) is 167 cm³/mol. The minimum Gasteiger partial charge on any atom is -0.404 e. The molecule has 0 aliphatic carbocycles. The Bertz CT molecular complexity index is 1800. The summed E-state index contributed by atoms with van der Waals surface area (Å²) in [6.45, 7) is 2.15. The second kappa shape index (κ2) is 10.6. The molecule has 6 aromatic carbocycles. The molecular weight excluding hydrogens is 478 g/mol. The Morgan fingerprint density at radius 3 is 1.61 bits per heavy atom. The molecule has 0 amide bonds. The number of thioether (sulfide) groups is 1. The average molecular weight is 508 g/mol. The quantitative estimate of drug-likeness (QED) is 0.243. The van der Waals surface area contributed by atoms with E-state index in [1.54, 1.807) is 18.0 Å². The highest BCUT2D eigenvalue weighted by atomic mass is 32.2. The molecule has 6 aromatic rings. The van der Waals surface area contributed by atoms with Crippen LogP contribution < -0.4 is 5.73 Å². The summed E-state index contributed by atoms with van der Waals surface area (Å²) in [7, 11) is 0. The van der Waals surface area contributed by atoms with Crippen molar-refractivity contribution in [3.63, 3.8) is 0 Å². The van der Waals surface area contributed by atoms with E-state index < -0.39 is 0 Å². The Morgan fingerprint density at radius 1 is 0.553 bits per heavy atom. The lowest BCUT2D eigenvalue weighted by molar-refractivity contribution is 1.42. The molecule has 0 saturated carbocycles. The van der Waals surface area contributed by atoms with E-state index in [-0.39, 0.29) is 0 Å². The summed E-state index contributed by atoms with van der Waals surface area (Å²) < 4.78 is 0. The highest BCUT2D eigenvalue weighted by molar-refractivity contribution is 8.01. The van der Waals surface area contributed by atoms with Crippen LogP contribution in [0.3, 0.4) is 0 Å². The summed E-state index contributed by atoms with van der Waals surface area (Å²) in [5, 5.41) is 7.02. The number of hydrogen-bond acceptors (Lipinski definition) is 2. The van der Waals surface area contributed by atoms with Crippen LogP contribution in [0.15, 0.2) is 133 Å². The molecule has 0 aliphatic rings. The molecule has 0 heterocycles. The summed E-state index contributed by atoms with van der Waals surface area (Å²) in [6, 6.07) is 44.3. The van der Waals surface area contributed by atoms with Gasteiger partial charge in [0.2, 0.25) is 0 Å². The van der Waals surface area contributed by atoms with Crippen molar-refractivity contribution in [3.8, 4) is 33.4 Å². The van der Waals surface area contributed by atoms with Crippen molar-refractivity contribution >= 4 is 33.3 Å². The molecule has 0 bridgehead atoms. The van der Waals surface area contributed by atoms with Crippen molar-refractivity contribution in [1.29, 1.82) is 0 Å². The molecule has 0 radical (unpaired) electrons. The molecule has 0 fully saturated rings. The summed E-state index contributed by atoms with van der Waals surface area (Å²) in [6.07, 6.45) is 1.60. The Kier molecular flexibility index (Phi) is 6.73. The van der Waals surface area contributed by atoms with Gasteiger partial charge in [0, 0.05) is 12.0 Å². The van der Waals surface area contributed by atoms with Gasteiger partial charge in [-0.15, -0.1) is 11.8 Å². The fourth-order valence-corrected chi connectivity index (χ4v) is 5.99. The van der Waals surface area contributed by atoms with E-state index >= 15 is 0 Å². The van der Waals surface area contributed by atoms with Crippen molar-refractivity contribution in [1.82, 2.24) is 0 Å². The van der Waals surface area contributed by atoms with Gasteiger partial charge in [0.25, 0.3) is 0 Å². The van der Waals surface area contributed by atoms with E-state index in [2.05, 4.69) is 128 Å². The molecule has 2 heteroatoms. The molecule has 6 rings (SSSR count). The van der Waals surface area contributed by atoms with Gasteiger partial charge in [-0.1, -0.05) is 127 Å². The predicted octanol–water partition coefficient (Wildman–Crippen LogP) is 9.97. The largest absolute Gasteiger partial charge is 0.404 e. The molecule has 184 valence electrons. The van der Waals surface area contributed by atoms with Crippen molar-refractivity contribution in [2.75, 3.05) is 0 Å². The monoisotopic (exact) mass is 507 g/mol. The van der Waals surface area contributed by atoms with Crippen LogP contribution in [0.4, 0.5) is 0 Å². The molecule has 0 saturated heterocycles. The van der Waals surface area contributed by atoms with Crippen molar-refractivity contribution in [2.24, 2.45) is 5.73 Å². The third kappa shape index (κ3) is 4.60. The molecule has 0 spiro atoms.